The molecular weight excluding hydrogens is 390 g/mol. The molecule has 1 aromatic heterocycles. The maximum Gasteiger partial charge on any atom is 0.253 e. The van der Waals surface area contributed by atoms with Crippen LogP contribution in [-0.4, -0.2) is 24.8 Å². The molecule has 7 heteroatoms. The van der Waals surface area contributed by atoms with E-state index in [9.17, 15) is 9.59 Å². The third kappa shape index (κ3) is 5.62. The number of nitrogens with one attached hydrogen (secondary N) is 3. The van der Waals surface area contributed by atoms with Gasteiger partial charge in [-0.25, -0.2) is 0 Å². The number of halogens is 1. The molecule has 1 amide bonds. The topological polar surface area (TPSA) is 83.4 Å². The molecule has 3 rings (SSSR count). The van der Waals surface area contributed by atoms with E-state index in [0.29, 0.717) is 28.6 Å². The zero-order chi connectivity index (χ0) is 20.6. The second kappa shape index (κ2) is 9.80. The van der Waals surface area contributed by atoms with E-state index in [-0.39, 0.29) is 12.5 Å². The lowest BCUT2D eigenvalue weighted by atomic mass is 10.1. The van der Waals surface area contributed by atoms with Gasteiger partial charge in [0.05, 0.1) is 35.1 Å². The van der Waals surface area contributed by atoms with Crippen molar-refractivity contribution in [2.75, 3.05) is 17.2 Å². The minimum absolute atomic E-state index is 0.260. The smallest absolute Gasteiger partial charge is 0.253 e. The Labute approximate surface area is 174 Å². The third-order valence-corrected chi connectivity index (χ3v) is 4.63. The Morgan fingerprint density at radius 3 is 2.69 bits per heavy atom. The molecule has 0 aliphatic heterocycles. The number of anilines is 2. The monoisotopic (exact) mass is 411 g/mol. The van der Waals surface area contributed by atoms with E-state index in [1.54, 1.807) is 42.7 Å². The molecule has 0 saturated carbocycles. The molecule has 0 aliphatic rings. The summed E-state index contributed by atoms with van der Waals surface area (Å²) in [6.45, 7) is 2.55. The van der Waals surface area contributed by atoms with Gasteiger partial charge in [0, 0.05) is 12.2 Å². The molecule has 0 saturated heterocycles. The second-order valence-corrected chi connectivity index (χ2v) is 6.97. The van der Waals surface area contributed by atoms with Crippen LogP contribution in [-0.2, 0) is 11.3 Å². The lowest BCUT2D eigenvalue weighted by molar-refractivity contribution is -0.108. The standard InChI is InChI=1S/C22H22ClN3O3/c1-15-8-9-21(19(23)11-15)24-12-16(14-27)26-20-7-3-2-6-18(20)22(28)25-13-17-5-4-10-29-17/h2-11,14,16,24,26H,12-13H2,1H3,(H,25,28). The van der Waals surface area contributed by atoms with Gasteiger partial charge in [0.2, 0.25) is 0 Å². The van der Waals surface area contributed by atoms with Crippen LogP contribution >= 0.6 is 11.6 Å². The number of hydrogen-bond donors (Lipinski definition) is 3. The highest BCUT2D eigenvalue weighted by Crippen LogP contribution is 2.23. The number of aryl methyl sites for hydroxylation is 1. The van der Waals surface area contributed by atoms with Crippen molar-refractivity contribution in [3.05, 3.63) is 82.8 Å². The van der Waals surface area contributed by atoms with E-state index in [4.69, 9.17) is 16.0 Å². The maximum absolute atomic E-state index is 12.6. The van der Waals surface area contributed by atoms with Gasteiger partial charge in [-0.2, -0.15) is 0 Å². The highest BCUT2D eigenvalue weighted by atomic mass is 35.5. The fourth-order valence-corrected chi connectivity index (χ4v) is 3.10. The quantitative estimate of drug-likeness (QED) is 0.458. The Morgan fingerprint density at radius 2 is 1.97 bits per heavy atom. The van der Waals surface area contributed by atoms with Gasteiger partial charge < -0.3 is 25.2 Å². The molecular formula is C22H22ClN3O3. The largest absolute Gasteiger partial charge is 0.467 e. The van der Waals surface area contributed by atoms with Gasteiger partial charge in [0.1, 0.15) is 12.0 Å². The molecule has 6 nitrogen and oxygen atoms in total. The number of benzene rings is 2. The van der Waals surface area contributed by atoms with Crippen LogP contribution < -0.4 is 16.0 Å². The number of carbonyl (C=O) groups excluding carboxylic acids is 2. The van der Waals surface area contributed by atoms with Crippen molar-refractivity contribution in [1.29, 1.82) is 0 Å². The van der Waals surface area contributed by atoms with E-state index in [2.05, 4.69) is 16.0 Å². The Kier molecular flexibility index (Phi) is 6.92. The molecule has 0 bridgehead atoms. The number of furan rings is 1. The van der Waals surface area contributed by atoms with Gasteiger partial charge in [-0.1, -0.05) is 29.8 Å². The summed E-state index contributed by atoms with van der Waals surface area (Å²) in [5, 5.41) is 9.68. The van der Waals surface area contributed by atoms with Crippen molar-refractivity contribution in [1.82, 2.24) is 5.32 Å². The number of carbonyl (C=O) groups is 2. The van der Waals surface area contributed by atoms with Crippen molar-refractivity contribution < 1.29 is 14.0 Å². The molecule has 29 heavy (non-hydrogen) atoms. The molecule has 0 aliphatic carbocycles. The highest BCUT2D eigenvalue weighted by molar-refractivity contribution is 6.33. The molecule has 1 atom stereocenters. The van der Waals surface area contributed by atoms with Crippen molar-refractivity contribution in [3.8, 4) is 0 Å². The maximum atomic E-state index is 12.6. The minimum atomic E-state index is -0.550. The summed E-state index contributed by atoms with van der Waals surface area (Å²) in [5.41, 5.74) is 2.81. The van der Waals surface area contributed by atoms with E-state index in [1.165, 1.54) is 0 Å². The summed E-state index contributed by atoms with van der Waals surface area (Å²) in [6, 6.07) is 15.7. The number of aldehydes is 1. The SMILES string of the molecule is Cc1ccc(NCC(C=O)Nc2ccccc2C(=O)NCc2ccco2)c(Cl)c1. The van der Waals surface area contributed by atoms with Gasteiger partial charge in [-0.15, -0.1) is 0 Å². The van der Waals surface area contributed by atoms with Gasteiger partial charge >= 0.3 is 0 Å². The molecule has 1 unspecified atom stereocenters. The molecule has 0 fully saturated rings. The Hall–Kier alpha value is -3.25. The van der Waals surface area contributed by atoms with Crippen molar-refractivity contribution in [3.63, 3.8) is 0 Å². The predicted molar refractivity (Wildman–Crippen MR) is 114 cm³/mol. The summed E-state index contributed by atoms with van der Waals surface area (Å²) < 4.78 is 5.23. The van der Waals surface area contributed by atoms with E-state index in [0.717, 1.165) is 17.5 Å². The predicted octanol–water partition coefficient (Wildman–Crippen LogP) is 4.26. The van der Waals surface area contributed by atoms with Gasteiger partial charge in [0.25, 0.3) is 5.91 Å². The first-order chi connectivity index (χ1) is 14.1. The Balaban J connectivity index is 1.64. The molecule has 0 radical (unpaired) electrons. The molecule has 3 aromatic rings. The number of amides is 1. The van der Waals surface area contributed by atoms with Gasteiger partial charge in [-0.05, 0) is 48.9 Å². The summed E-state index contributed by atoms with van der Waals surface area (Å²) in [7, 11) is 0. The van der Waals surface area contributed by atoms with Gasteiger partial charge in [0.15, 0.2) is 0 Å². The average Bonchev–Trinajstić information content (AvgIpc) is 3.24. The van der Waals surface area contributed by atoms with Crippen LogP contribution in [0, 0.1) is 6.92 Å². The normalized spacial score (nSPS) is 11.5. The second-order valence-electron chi connectivity index (χ2n) is 6.56. The highest BCUT2D eigenvalue weighted by Gasteiger charge is 2.15. The zero-order valence-corrected chi connectivity index (χ0v) is 16.7. The van der Waals surface area contributed by atoms with Crippen molar-refractivity contribution in [2.24, 2.45) is 0 Å². The first kappa shape index (κ1) is 20.5. The molecule has 1 heterocycles. The van der Waals surface area contributed by atoms with E-state index < -0.39 is 6.04 Å². The summed E-state index contributed by atoms with van der Waals surface area (Å²) >= 11 is 6.23. The molecule has 3 N–H and O–H groups in total. The van der Waals surface area contributed by atoms with Crippen LogP contribution in [0.4, 0.5) is 11.4 Å². The van der Waals surface area contributed by atoms with Crippen LogP contribution in [0.2, 0.25) is 5.02 Å². The molecule has 0 spiro atoms. The Morgan fingerprint density at radius 1 is 1.14 bits per heavy atom. The van der Waals surface area contributed by atoms with E-state index in [1.807, 2.05) is 25.1 Å². The van der Waals surface area contributed by atoms with Crippen LogP contribution in [0.25, 0.3) is 0 Å². The summed E-state index contributed by atoms with van der Waals surface area (Å²) in [4.78, 5) is 24.2. The Bertz CT molecular complexity index is 973. The third-order valence-electron chi connectivity index (χ3n) is 4.32. The lowest BCUT2D eigenvalue weighted by Crippen LogP contribution is -2.31. The van der Waals surface area contributed by atoms with Crippen LogP contribution in [0.5, 0.6) is 0 Å². The molecule has 2 aromatic carbocycles. The number of rotatable bonds is 9. The molecule has 150 valence electrons. The van der Waals surface area contributed by atoms with Crippen LogP contribution in [0.3, 0.4) is 0 Å². The van der Waals surface area contributed by atoms with Crippen molar-refractivity contribution in [2.45, 2.75) is 19.5 Å². The zero-order valence-electron chi connectivity index (χ0n) is 15.9. The summed E-state index contributed by atoms with van der Waals surface area (Å²) in [5.74, 6) is 0.400. The average molecular weight is 412 g/mol. The number of para-hydroxylation sites is 1. The van der Waals surface area contributed by atoms with Crippen LogP contribution in [0.1, 0.15) is 21.7 Å². The lowest BCUT2D eigenvalue weighted by Gasteiger charge is -2.18. The number of hydrogen-bond acceptors (Lipinski definition) is 5. The fourth-order valence-electron chi connectivity index (χ4n) is 2.80. The van der Waals surface area contributed by atoms with E-state index >= 15 is 0 Å². The van der Waals surface area contributed by atoms with Crippen LogP contribution in [0.15, 0.2) is 65.3 Å². The van der Waals surface area contributed by atoms with Gasteiger partial charge in [-0.3, -0.25) is 4.79 Å². The minimum Gasteiger partial charge on any atom is -0.467 e. The fraction of sp³-hybridized carbons (Fsp3) is 0.182. The first-order valence-electron chi connectivity index (χ1n) is 9.18. The van der Waals surface area contributed by atoms with Crippen molar-refractivity contribution >= 4 is 35.2 Å². The first-order valence-corrected chi connectivity index (χ1v) is 9.56. The summed E-state index contributed by atoms with van der Waals surface area (Å²) in [6.07, 6.45) is 2.35.